The Balaban J connectivity index is 1.28. The van der Waals surface area contributed by atoms with Crippen LogP contribution in [0.3, 0.4) is 0 Å². The molecule has 1 N–H and O–H groups in total. The van der Waals surface area contributed by atoms with E-state index in [1.54, 1.807) is 16.7 Å². The minimum atomic E-state index is -4.47. The molecule has 0 bridgehead atoms. The number of carbonyl (C=O) groups excluding carboxylic acids is 2. The van der Waals surface area contributed by atoms with Crippen molar-refractivity contribution in [2.75, 3.05) is 32.8 Å². The molecule has 3 saturated heterocycles. The van der Waals surface area contributed by atoms with E-state index in [-0.39, 0.29) is 53.5 Å². The number of amides is 3. The lowest BCUT2D eigenvalue weighted by Gasteiger charge is -2.47. The van der Waals surface area contributed by atoms with Gasteiger partial charge >= 0.3 is 12.2 Å². The molecular formula is C20H23ClF3N3O4. The number of hydrogen-bond acceptors (Lipinski definition) is 4. The summed E-state index contributed by atoms with van der Waals surface area (Å²) in [7, 11) is 0. The second-order valence-corrected chi connectivity index (χ2v) is 8.58. The van der Waals surface area contributed by atoms with Crippen molar-refractivity contribution in [2.45, 2.75) is 37.8 Å². The Kier molecular flexibility index (Phi) is 5.95. The number of piperidine rings is 1. The molecule has 0 aromatic heterocycles. The van der Waals surface area contributed by atoms with E-state index in [1.165, 1.54) is 6.07 Å². The topological polar surface area (TPSA) is 71.1 Å². The van der Waals surface area contributed by atoms with Crippen molar-refractivity contribution in [2.24, 2.45) is 5.92 Å². The van der Waals surface area contributed by atoms with E-state index in [9.17, 15) is 22.8 Å². The van der Waals surface area contributed by atoms with Gasteiger partial charge in [0, 0.05) is 32.1 Å². The molecule has 1 aromatic carbocycles. The van der Waals surface area contributed by atoms with Gasteiger partial charge in [-0.1, -0.05) is 11.6 Å². The zero-order chi connectivity index (χ0) is 22.3. The largest absolute Gasteiger partial charge is 0.489 e. The molecule has 0 radical (unpaired) electrons. The van der Waals surface area contributed by atoms with Crippen LogP contribution >= 0.6 is 11.6 Å². The summed E-state index contributed by atoms with van der Waals surface area (Å²) in [6, 6.07) is 2.70. The van der Waals surface area contributed by atoms with E-state index < -0.39 is 11.7 Å². The van der Waals surface area contributed by atoms with E-state index >= 15 is 0 Å². The number of likely N-dealkylation sites (tertiary alicyclic amines) is 2. The summed E-state index contributed by atoms with van der Waals surface area (Å²) in [6.45, 7) is 3.79. The third-order valence-corrected chi connectivity index (χ3v) is 6.31. The van der Waals surface area contributed by atoms with E-state index in [2.05, 4.69) is 5.32 Å². The molecule has 11 heteroatoms. The van der Waals surface area contributed by atoms with Crippen molar-refractivity contribution in [1.82, 2.24) is 15.1 Å². The van der Waals surface area contributed by atoms with E-state index in [0.29, 0.717) is 32.6 Å². The van der Waals surface area contributed by atoms with Gasteiger partial charge in [-0.25, -0.2) is 4.79 Å². The van der Waals surface area contributed by atoms with Crippen LogP contribution in [0.15, 0.2) is 18.2 Å². The van der Waals surface area contributed by atoms with Gasteiger partial charge in [-0.2, -0.15) is 13.2 Å². The first-order valence-corrected chi connectivity index (χ1v) is 10.5. The Hall–Kier alpha value is -2.20. The van der Waals surface area contributed by atoms with Gasteiger partial charge in [0.15, 0.2) is 0 Å². The fraction of sp³-hybridized carbons (Fsp3) is 0.600. The number of fused-ring (bicyclic) bond motifs is 1. The highest BCUT2D eigenvalue weighted by Crippen LogP contribution is 2.36. The molecule has 3 aliphatic rings. The zero-order valence-electron chi connectivity index (χ0n) is 16.8. The first kappa shape index (κ1) is 22.0. The Morgan fingerprint density at radius 1 is 1.29 bits per heavy atom. The number of halogens is 4. The predicted molar refractivity (Wildman–Crippen MR) is 105 cm³/mol. The maximum absolute atomic E-state index is 12.8. The summed E-state index contributed by atoms with van der Waals surface area (Å²) < 4.78 is 49.6. The van der Waals surface area contributed by atoms with Crippen LogP contribution in [0.5, 0.6) is 5.75 Å². The van der Waals surface area contributed by atoms with E-state index in [1.807, 2.05) is 0 Å². The quantitative estimate of drug-likeness (QED) is 0.751. The van der Waals surface area contributed by atoms with E-state index in [4.69, 9.17) is 21.1 Å². The van der Waals surface area contributed by atoms with Crippen molar-refractivity contribution in [3.63, 3.8) is 0 Å². The lowest BCUT2D eigenvalue weighted by Crippen LogP contribution is -2.64. The minimum absolute atomic E-state index is 0.0394. The summed E-state index contributed by atoms with van der Waals surface area (Å²) >= 11 is 5.96. The average molecular weight is 462 g/mol. The van der Waals surface area contributed by atoms with Crippen molar-refractivity contribution in [3.05, 3.63) is 28.8 Å². The average Bonchev–Trinajstić information content (AvgIpc) is 2.66. The molecule has 1 aromatic rings. The van der Waals surface area contributed by atoms with Crippen LogP contribution < -0.4 is 10.1 Å². The van der Waals surface area contributed by atoms with Crippen LogP contribution in [0.4, 0.5) is 18.0 Å². The molecule has 3 unspecified atom stereocenters. The number of nitrogens with one attached hydrogen (secondary N) is 1. The number of nitrogens with zero attached hydrogens (tertiary/aromatic N) is 2. The molecule has 4 rings (SSSR count). The second kappa shape index (κ2) is 8.38. The maximum atomic E-state index is 12.8. The smallest absolute Gasteiger partial charge is 0.416 e. The van der Waals surface area contributed by atoms with Crippen LogP contribution in [-0.2, 0) is 15.7 Å². The van der Waals surface area contributed by atoms with Gasteiger partial charge in [-0.05, 0) is 31.5 Å². The Morgan fingerprint density at radius 3 is 2.71 bits per heavy atom. The first-order valence-electron chi connectivity index (χ1n) is 10.1. The highest BCUT2D eigenvalue weighted by Gasteiger charge is 2.41. The minimum Gasteiger partial charge on any atom is -0.489 e. The first-order chi connectivity index (χ1) is 14.6. The monoisotopic (exact) mass is 461 g/mol. The molecule has 0 saturated carbocycles. The highest BCUT2D eigenvalue weighted by atomic mass is 35.5. The fourth-order valence-corrected chi connectivity index (χ4v) is 4.33. The molecule has 3 fully saturated rings. The van der Waals surface area contributed by atoms with Gasteiger partial charge in [0.25, 0.3) is 0 Å². The number of rotatable bonds is 3. The molecule has 0 spiro atoms. The number of carbonyl (C=O) groups is 2. The third-order valence-electron chi connectivity index (χ3n) is 6.01. The molecule has 31 heavy (non-hydrogen) atoms. The molecule has 3 amide bonds. The second-order valence-electron chi connectivity index (χ2n) is 8.17. The number of alkyl halides is 3. The van der Waals surface area contributed by atoms with Gasteiger partial charge < -0.3 is 24.6 Å². The summed E-state index contributed by atoms with van der Waals surface area (Å²) in [6.07, 6.45) is -4.19. The van der Waals surface area contributed by atoms with Crippen molar-refractivity contribution in [1.29, 1.82) is 0 Å². The van der Waals surface area contributed by atoms with Gasteiger partial charge in [-0.3, -0.25) is 4.79 Å². The van der Waals surface area contributed by atoms with Crippen LogP contribution in [0.2, 0.25) is 5.02 Å². The summed E-state index contributed by atoms with van der Waals surface area (Å²) in [5, 5.41) is 2.77. The summed E-state index contributed by atoms with van der Waals surface area (Å²) in [5.41, 5.74) is -0.832. The summed E-state index contributed by atoms with van der Waals surface area (Å²) in [4.78, 5) is 27.7. The number of benzene rings is 1. The van der Waals surface area contributed by atoms with E-state index in [0.717, 1.165) is 12.1 Å². The highest BCUT2D eigenvalue weighted by molar-refractivity contribution is 6.32. The van der Waals surface area contributed by atoms with Gasteiger partial charge in [0.05, 0.1) is 22.7 Å². The Labute approximate surface area is 182 Å². The van der Waals surface area contributed by atoms with Crippen molar-refractivity contribution >= 4 is 23.5 Å². The molecule has 7 nitrogen and oxygen atoms in total. The fourth-order valence-electron chi connectivity index (χ4n) is 4.11. The van der Waals surface area contributed by atoms with Gasteiger partial charge in [0.2, 0.25) is 5.91 Å². The van der Waals surface area contributed by atoms with Crippen molar-refractivity contribution in [3.8, 4) is 5.75 Å². The van der Waals surface area contributed by atoms with Crippen LogP contribution in [0.1, 0.15) is 18.9 Å². The lowest BCUT2D eigenvalue weighted by molar-refractivity contribution is -0.140. The molecule has 3 heterocycles. The number of ether oxygens (including phenoxy) is 2. The van der Waals surface area contributed by atoms with Crippen LogP contribution in [0.25, 0.3) is 0 Å². The van der Waals surface area contributed by atoms with Crippen LogP contribution in [-0.4, -0.2) is 72.8 Å². The number of hydrogen-bond donors (Lipinski definition) is 1. The SMILES string of the molecule is CC(Oc1ccc(C(F)(F)F)cc1Cl)C1CN(C(=O)N2CCC3OCC(=O)NC3C2)C1. The van der Waals surface area contributed by atoms with Gasteiger partial charge in [-0.15, -0.1) is 0 Å². The molecule has 0 aliphatic carbocycles. The Bertz CT molecular complexity index is 863. The predicted octanol–water partition coefficient (Wildman–Crippen LogP) is 2.77. The number of urea groups is 1. The Morgan fingerprint density at radius 2 is 2.03 bits per heavy atom. The third kappa shape index (κ3) is 4.69. The van der Waals surface area contributed by atoms with Crippen LogP contribution in [0, 0.1) is 5.92 Å². The standard InChI is InChI=1S/C20H23ClF3N3O4/c1-11(31-16-3-2-13(6-14(16)21)20(22,23)24)12-7-27(8-12)19(29)26-5-4-17-15(9-26)25-18(28)10-30-17/h2-3,6,11-12,15,17H,4-5,7-10H2,1H3,(H,25,28). The molecule has 3 aliphatic heterocycles. The molecule has 3 atom stereocenters. The van der Waals surface area contributed by atoms with Gasteiger partial charge in [0.1, 0.15) is 18.5 Å². The summed E-state index contributed by atoms with van der Waals surface area (Å²) in [5.74, 6) is 0.0482. The maximum Gasteiger partial charge on any atom is 0.416 e. The van der Waals surface area contributed by atoms with Crippen molar-refractivity contribution < 1.29 is 32.2 Å². The normalized spacial score (nSPS) is 25.4. The zero-order valence-corrected chi connectivity index (χ0v) is 17.6. The number of morpholine rings is 1. The molecular weight excluding hydrogens is 439 g/mol. The lowest BCUT2D eigenvalue weighted by atomic mass is 9.94. The molecule has 170 valence electrons.